The summed E-state index contributed by atoms with van der Waals surface area (Å²) in [6.45, 7) is 2.29. The molecule has 0 fully saturated rings. The molecule has 0 aromatic carbocycles. The Balaban J connectivity index is 1.72. The molecule has 0 bridgehead atoms. The number of aromatic nitrogens is 1. The van der Waals surface area contributed by atoms with Gasteiger partial charge in [-0.3, -0.25) is 4.98 Å². The van der Waals surface area contributed by atoms with Crippen molar-refractivity contribution in [3.8, 4) is 0 Å². The van der Waals surface area contributed by atoms with Crippen LogP contribution < -0.4 is 0 Å². The second-order valence-electron chi connectivity index (χ2n) is 7.02. The highest BCUT2D eigenvalue weighted by molar-refractivity contribution is 5.03. The lowest BCUT2D eigenvalue weighted by molar-refractivity contribution is 0.532. The highest BCUT2D eigenvalue weighted by Crippen LogP contribution is 2.13. The standard InChI is InChI=1S/C22H39N/c1-2-3-4-5-6-7-8-9-10-11-12-13-14-15-16-19-22-20-17-18-21-23-22/h17-18,20-21H,2-16,19H2,1H3. The van der Waals surface area contributed by atoms with E-state index in [-0.39, 0.29) is 0 Å². The molecule has 0 radical (unpaired) electrons. The van der Waals surface area contributed by atoms with E-state index in [0.29, 0.717) is 0 Å². The first-order valence-corrected chi connectivity index (χ1v) is 10.3. The summed E-state index contributed by atoms with van der Waals surface area (Å²) in [5, 5.41) is 0. The first-order chi connectivity index (χ1) is 11.4. The third-order valence-electron chi connectivity index (χ3n) is 4.76. The Morgan fingerprint density at radius 3 is 1.52 bits per heavy atom. The van der Waals surface area contributed by atoms with Gasteiger partial charge < -0.3 is 0 Å². The normalized spacial score (nSPS) is 11.0. The summed E-state index contributed by atoms with van der Waals surface area (Å²) < 4.78 is 0. The molecule has 0 atom stereocenters. The first kappa shape index (κ1) is 20.2. The summed E-state index contributed by atoms with van der Waals surface area (Å²) in [7, 11) is 0. The average molecular weight is 318 g/mol. The molecule has 0 spiro atoms. The minimum absolute atomic E-state index is 1.15. The Bertz CT molecular complexity index is 333. The number of nitrogens with zero attached hydrogens (tertiary/aromatic N) is 1. The number of hydrogen-bond acceptors (Lipinski definition) is 1. The van der Waals surface area contributed by atoms with Crippen molar-refractivity contribution in [2.45, 2.75) is 110 Å². The summed E-state index contributed by atoms with van der Waals surface area (Å²) in [5.41, 5.74) is 1.25. The summed E-state index contributed by atoms with van der Waals surface area (Å²) in [4.78, 5) is 4.38. The lowest BCUT2D eigenvalue weighted by Crippen LogP contribution is -1.89. The largest absolute Gasteiger partial charge is 0.261 e. The zero-order valence-electron chi connectivity index (χ0n) is 15.6. The molecule has 1 aromatic heterocycles. The first-order valence-electron chi connectivity index (χ1n) is 10.3. The molecule has 1 nitrogen and oxygen atoms in total. The number of unbranched alkanes of at least 4 members (excludes halogenated alkanes) is 14. The van der Waals surface area contributed by atoms with Crippen molar-refractivity contribution in [3.63, 3.8) is 0 Å². The van der Waals surface area contributed by atoms with Crippen LogP contribution in [0.15, 0.2) is 24.4 Å². The Kier molecular flexibility index (Phi) is 14.1. The van der Waals surface area contributed by atoms with Crippen LogP contribution in [0.3, 0.4) is 0 Å². The quantitative estimate of drug-likeness (QED) is 0.288. The molecule has 0 amide bonds. The molecule has 1 heterocycles. The topological polar surface area (TPSA) is 12.9 Å². The number of hydrogen-bond donors (Lipinski definition) is 0. The third-order valence-corrected chi connectivity index (χ3v) is 4.76. The van der Waals surface area contributed by atoms with Gasteiger partial charge in [0.1, 0.15) is 0 Å². The molecule has 0 N–H and O–H groups in total. The van der Waals surface area contributed by atoms with Crippen molar-refractivity contribution in [1.82, 2.24) is 4.98 Å². The lowest BCUT2D eigenvalue weighted by Gasteiger charge is -2.03. The fraction of sp³-hybridized carbons (Fsp3) is 0.773. The highest BCUT2D eigenvalue weighted by atomic mass is 14.7. The molecule has 0 saturated heterocycles. The molecule has 0 saturated carbocycles. The Morgan fingerprint density at radius 1 is 0.609 bits per heavy atom. The maximum Gasteiger partial charge on any atom is 0.0403 e. The minimum atomic E-state index is 1.15. The van der Waals surface area contributed by atoms with Crippen molar-refractivity contribution < 1.29 is 0 Å². The predicted molar refractivity (Wildman–Crippen MR) is 103 cm³/mol. The number of aryl methyl sites for hydroxylation is 1. The van der Waals surface area contributed by atoms with Crippen LogP contribution in [0.5, 0.6) is 0 Å². The van der Waals surface area contributed by atoms with Crippen molar-refractivity contribution in [2.75, 3.05) is 0 Å². The fourth-order valence-electron chi connectivity index (χ4n) is 3.22. The van der Waals surface area contributed by atoms with E-state index in [4.69, 9.17) is 0 Å². The Morgan fingerprint density at radius 2 is 1.09 bits per heavy atom. The van der Waals surface area contributed by atoms with Gasteiger partial charge in [-0.1, -0.05) is 103 Å². The fourth-order valence-corrected chi connectivity index (χ4v) is 3.22. The molecule has 132 valence electrons. The number of rotatable bonds is 16. The Hall–Kier alpha value is -0.850. The highest BCUT2D eigenvalue weighted by Gasteiger charge is 1.96. The van der Waals surface area contributed by atoms with E-state index in [0.717, 1.165) is 6.42 Å². The van der Waals surface area contributed by atoms with Crippen LogP contribution in [-0.4, -0.2) is 4.98 Å². The summed E-state index contributed by atoms with van der Waals surface area (Å²) in [6.07, 6.45) is 24.5. The van der Waals surface area contributed by atoms with E-state index in [1.807, 2.05) is 12.3 Å². The molecule has 1 heteroatoms. The molecular formula is C22H39N. The molecule has 23 heavy (non-hydrogen) atoms. The van der Waals surface area contributed by atoms with Gasteiger partial charge in [-0.2, -0.15) is 0 Å². The van der Waals surface area contributed by atoms with E-state index in [9.17, 15) is 0 Å². The minimum Gasteiger partial charge on any atom is -0.261 e. The molecule has 1 aromatic rings. The van der Waals surface area contributed by atoms with Crippen LogP contribution in [0.2, 0.25) is 0 Å². The van der Waals surface area contributed by atoms with Crippen LogP contribution in [-0.2, 0) is 6.42 Å². The molecule has 0 aliphatic heterocycles. The smallest absolute Gasteiger partial charge is 0.0403 e. The summed E-state index contributed by atoms with van der Waals surface area (Å²) >= 11 is 0. The van der Waals surface area contributed by atoms with Crippen LogP contribution in [0.25, 0.3) is 0 Å². The van der Waals surface area contributed by atoms with Crippen molar-refractivity contribution in [1.29, 1.82) is 0 Å². The zero-order chi connectivity index (χ0) is 16.4. The van der Waals surface area contributed by atoms with Gasteiger partial charge in [0.25, 0.3) is 0 Å². The Labute approximate surface area is 145 Å². The van der Waals surface area contributed by atoms with Crippen LogP contribution in [0.1, 0.15) is 109 Å². The van der Waals surface area contributed by atoms with Gasteiger partial charge in [0.15, 0.2) is 0 Å². The van der Waals surface area contributed by atoms with Crippen molar-refractivity contribution >= 4 is 0 Å². The third kappa shape index (κ3) is 13.3. The van der Waals surface area contributed by atoms with Gasteiger partial charge in [0.05, 0.1) is 0 Å². The van der Waals surface area contributed by atoms with Crippen LogP contribution in [0.4, 0.5) is 0 Å². The summed E-state index contributed by atoms with van der Waals surface area (Å²) in [6, 6.07) is 6.23. The zero-order valence-corrected chi connectivity index (χ0v) is 15.6. The van der Waals surface area contributed by atoms with E-state index in [1.54, 1.807) is 0 Å². The molecule has 1 rings (SSSR count). The van der Waals surface area contributed by atoms with Crippen molar-refractivity contribution in [3.05, 3.63) is 30.1 Å². The maximum atomic E-state index is 4.38. The van der Waals surface area contributed by atoms with Gasteiger partial charge in [-0.15, -0.1) is 0 Å². The second-order valence-corrected chi connectivity index (χ2v) is 7.02. The summed E-state index contributed by atoms with van der Waals surface area (Å²) in [5.74, 6) is 0. The maximum absolute atomic E-state index is 4.38. The lowest BCUT2D eigenvalue weighted by atomic mass is 10.0. The van der Waals surface area contributed by atoms with E-state index < -0.39 is 0 Å². The van der Waals surface area contributed by atoms with E-state index in [1.165, 1.54) is 102 Å². The van der Waals surface area contributed by atoms with Gasteiger partial charge in [-0.25, -0.2) is 0 Å². The van der Waals surface area contributed by atoms with Gasteiger partial charge in [0.2, 0.25) is 0 Å². The van der Waals surface area contributed by atoms with Crippen molar-refractivity contribution in [2.24, 2.45) is 0 Å². The van der Waals surface area contributed by atoms with Gasteiger partial charge in [-0.05, 0) is 25.0 Å². The predicted octanol–water partition coefficient (Wildman–Crippen LogP) is 7.50. The molecular weight excluding hydrogens is 278 g/mol. The molecule has 0 aliphatic carbocycles. The second kappa shape index (κ2) is 16.0. The van der Waals surface area contributed by atoms with Crippen LogP contribution >= 0.6 is 0 Å². The van der Waals surface area contributed by atoms with E-state index in [2.05, 4.69) is 24.0 Å². The van der Waals surface area contributed by atoms with Crippen LogP contribution in [0, 0.1) is 0 Å². The molecule has 0 unspecified atom stereocenters. The average Bonchev–Trinajstić information content (AvgIpc) is 2.59. The van der Waals surface area contributed by atoms with Gasteiger partial charge >= 0.3 is 0 Å². The SMILES string of the molecule is CCCCCCCCCCCCCCCCCc1ccccn1. The van der Waals surface area contributed by atoms with Gasteiger partial charge in [0, 0.05) is 11.9 Å². The van der Waals surface area contributed by atoms with E-state index >= 15 is 0 Å². The number of pyridine rings is 1. The molecule has 0 aliphatic rings. The monoisotopic (exact) mass is 317 g/mol.